The van der Waals surface area contributed by atoms with Gasteiger partial charge in [-0.05, 0) is 57.4 Å². The van der Waals surface area contributed by atoms with Gasteiger partial charge in [0.2, 0.25) is 0 Å². The van der Waals surface area contributed by atoms with Gasteiger partial charge in [0.25, 0.3) is 0 Å². The number of para-hydroxylation sites is 2. The molecule has 0 aliphatic rings. The van der Waals surface area contributed by atoms with E-state index < -0.39 is 15.3 Å². The van der Waals surface area contributed by atoms with Crippen LogP contribution in [0.3, 0.4) is 0 Å². The van der Waals surface area contributed by atoms with Gasteiger partial charge in [0, 0.05) is 25.5 Å². The summed E-state index contributed by atoms with van der Waals surface area (Å²) in [6, 6.07) is 10.3. The summed E-state index contributed by atoms with van der Waals surface area (Å²) in [4.78, 5) is 42.7. The van der Waals surface area contributed by atoms with Gasteiger partial charge in [-0.3, -0.25) is 9.98 Å². The van der Waals surface area contributed by atoms with Crippen molar-refractivity contribution in [1.82, 2.24) is 0 Å². The Balaban J connectivity index is -0.000000246. The van der Waals surface area contributed by atoms with E-state index >= 15 is 0 Å². The van der Waals surface area contributed by atoms with Crippen molar-refractivity contribution < 1.29 is 96.8 Å². The van der Waals surface area contributed by atoms with Crippen molar-refractivity contribution in [3.8, 4) is 23.0 Å². The number of carbonyl (C=O) groups excluding carboxylic acids is 1. The third-order valence-electron chi connectivity index (χ3n) is 3.65. The normalized spacial score (nSPS) is 8.98. The van der Waals surface area contributed by atoms with Crippen molar-refractivity contribution >= 4 is 18.2 Å². The Hall–Kier alpha value is -3.91. The number of ether oxygens (including phenoxy) is 2. The van der Waals surface area contributed by atoms with E-state index in [1.807, 2.05) is 13.8 Å². The Bertz CT molecular complexity index is 1060. The maximum atomic E-state index is 12.1. The predicted molar refractivity (Wildman–Crippen MR) is 151 cm³/mol. The van der Waals surface area contributed by atoms with Crippen molar-refractivity contribution in [3.05, 3.63) is 93.5 Å². The predicted octanol–water partition coefficient (Wildman–Crippen LogP) is 2.43. The molecule has 2 aromatic carbocycles. The molecule has 2 rings (SSSR count). The van der Waals surface area contributed by atoms with E-state index in [-0.39, 0.29) is 74.3 Å². The molecule has 0 aliphatic heterocycles. The van der Waals surface area contributed by atoms with Crippen molar-refractivity contribution in [2.45, 2.75) is 34.1 Å². The van der Waals surface area contributed by atoms with Crippen LogP contribution in [0.5, 0.6) is 23.0 Å². The zero-order chi connectivity index (χ0) is 33.8. The molecule has 2 radical (unpaired) electrons. The molecule has 19 nitrogen and oxygen atoms in total. The SMILES string of the molecule is CC(C)=O.CCOc1cccc(C=NCCCN=Cc2cccc(OCC)c2[O-])c1[O-].O=[N+]([O-])[O-].O=[N+]([O-])[O-].O=[N+]([O-])[O-].[Cu+2].[Gd+3]. The van der Waals surface area contributed by atoms with Crippen LogP contribution in [0.2, 0.25) is 0 Å². The summed E-state index contributed by atoms with van der Waals surface area (Å²) in [5, 5.41) is 68.5. The number of aliphatic imine (C=N–C) groups is 2. The molecule has 0 spiro atoms. The minimum absolute atomic E-state index is 0. The Morgan fingerprint density at radius 1 is 0.711 bits per heavy atom. The van der Waals surface area contributed by atoms with E-state index in [1.165, 1.54) is 13.8 Å². The molecule has 0 saturated carbocycles. The first-order valence-electron chi connectivity index (χ1n) is 11.9. The van der Waals surface area contributed by atoms with Crippen molar-refractivity contribution in [2.24, 2.45) is 9.98 Å². The fourth-order valence-electron chi connectivity index (χ4n) is 2.39. The molecule has 0 aromatic heterocycles. The van der Waals surface area contributed by atoms with Gasteiger partial charge >= 0.3 is 57.0 Å². The molecular formula is C24H30CuGdN5O14. The van der Waals surface area contributed by atoms with E-state index in [9.17, 15) is 15.0 Å². The van der Waals surface area contributed by atoms with Gasteiger partial charge in [0.15, 0.2) is 0 Å². The van der Waals surface area contributed by atoms with Gasteiger partial charge in [-0.25, -0.2) is 0 Å². The quantitative estimate of drug-likeness (QED) is 0.109. The molecule has 0 fully saturated rings. The topological polar surface area (TPSA) is 305 Å². The fraction of sp³-hybridized carbons (Fsp3) is 0.375. The Morgan fingerprint density at radius 3 is 1.22 bits per heavy atom. The molecule has 0 saturated heterocycles. The summed E-state index contributed by atoms with van der Waals surface area (Å²) in [7, 11) is 0. The molecule has 2 aromatic rings. The number of benzene rings is 2. The molecule has 45 heavy (non-hydrogen) atoms. The molecule has 254 valence electrons. The van der Waals surface area contributed by atoms with Gasteiger partial charge in [-0.15, -0.1) is 0 Å². The number of hydrogen-bond donors (Lipinski definition) is 0. The van der Waals surface area contributed by atoms with Crippen LogP contribution in [0.15, 0.2) is 46.4 Å². The maximum absolute atomic E-state index is 12.1. The molecule has 21 heteroatoms. The van der Waals surface area contributed by atoms with E-state index in [1.54, 1.807) is 48.8 Å². The summed E-state index contributed by atoms with van der Waals surface area (Å²) >= 11 is 0. The number of carbonyl (C=O) groups is 1. The van der Waals surface area contributed by atoms with Gasteiger partial charge in [-0.1, -0.05) is 35.8 Å². The summed E-state index contributed by atoms with van der Waals surface area (Å²) in [5.41, 5.74) is 1.02. The smallest absolute Gasteiger partial charge is 0.870 e. The second kappa shape index (κ2) is 33.0. The molecule has 0 bridgehead atoms. The van der Waals surface area contributed by atoms with Crippen LogP contribution in [0.25, 0.3) is 0 Å². The average molecular weight is 833 g/mol. The maximum Gasteiger partial charge on any atom is 3.00 e. The summed E-state index contributed by atoms with van der Waals surface area (Å²) in [5.74, 6) is 0.541. The molecule has 0 unspecified atom stereocenters. The molecule has 0 N–H and O–H groups in total. The standard InChI is InChI=1S/C21H26N2O4.C3H6O.Cu.Gd.3NO3/c1-3-26-18-10-5-8-16(20(18)24)14-22-12-7-13-23-15-17-9-6-11-19(21(17)25)27-4-2;1-3(2)4;;;3*2-1(3)4/h5-6,8-11,14-15,24-25H,3-4,7,12-13H2,1-2H3;1-2H3;;;;;/q;;+2;+3;3*-1/p-2. The van der Waals surface area contributed by atoms with Crippen LogP contribution in [0.1, 0.15) is 45.2 Å². The van der Waals surface area contributed by atoms with Crippen LogP contribution in [-0.4, -0.2) is 59.8 Å². The molecule has 0 amide bonds. The Kier molecular flexibility index (Phi) is 37.2. The van der Waals surface area contributed by atoms with Crippen LogP contribution in [0.4, 0.5) is 0 Å². The van der Waals surface area contributed by atoms with Crippen LogP contribution in [-0.2, 0) is 21.9 Å². The first kappa shape index (κ1) is 50.7. The van der Waals surface area contributed by atoms with E-state index in [4.69, 9.17) is 55.4 Å². The van der Waals surface area contributed by atoms with Crippen LogP contribution >= 0.6 is 0 Å². The Morgan fingerprint density at radius 2 is 0.978 bits per heavy atom. The number of nitrogens with zero attached hydrogens (tertiary/aromatic N) is 5. The first-order chi connectivity index (χ1) is 20.1. The molecule has 0 aliphatic carbocycles. The largest absolute Gasteiger partial charge is 3.00 e. The monoisotopic (exact) mass is 833 g/mol. The number of Topliss-reactive ketones (excluding diaryl/α,β-unsaturated/α-hetero) is 1. The van der Waals surface area contributed by atoms with Crippen LogP contribution < -0.4 is 19.7 Å². The summed E-state index contributed by atoms with van der Waals surface area (Å²) < 4.78 is 10.6. The fourth-order valence-corrected chi connectivity index (χ4v) is 2.39. The van der Waals surface area contributed by atoms with Crippen LogP contribution in [0, 0.1) is 85.9 Å². The third-order valence-corrected chi connectivity index (χ3v) is 3.65. The third kappa shape index (κ3) is 36.2. The summed E-state index contributed by atoms with van der Waals surface area (Å²) in [6.07, 6.45) is 3.84. The van der Waals surface area contributed by atoms with Gasteiger partial charge < -0.3 is 70.4 Å². The van der Waals surface area contributed by atoms with Gasteiger partial charge in [0.1, 0.15) is 17.3 Å². The number of rotatable bonds is 10. The minimum atomic E-state index is -1.75. The van der Waals surface area contributed by atoms with E-state index in [0.29, 0.717) is 55.4 Å². The van der Waals surface area contributed by atoms with Gasteiger partial charge in [0.05, 0.1) is 28.5 Å². The second-order valence-corrected chi connectivity index (χ2v) is 7.22. The van der Waals surface area contributed by atoms with Crippen molar-refractivity contribution in [1.29, 1.82) is 0 Å². The Labute approximate surface area is 300 Å². The zero-order valence-electron chi connectivity index (χ0n) is 24.3. The zero-order valence-corrected chi connectivity index (χ0v) is 27.5. The molecule has 0 heterocycles. The van der Waals surface area contributed by atoms with Gasteiger partial charge in [-0.2, -0.15) is 0 Å². The summed E-state index contributed by atoms with van der Waals surface area (Å²) in [6.45, 7) is 8.71. The van der Waals surface area contributed by atoms with E-state index in [2.05, 4.69) is 9.98 Å². The molecular weight excluding hydrogens is 803 g/mol. The number of hydrogen-bond acceptors (Lipinski definition) is 16. The van der Waals surface area contributed by atoms with Crippen molar-refractivity contribution in [2.75, 3.05) is 26.3 Å². The van der Waals surface area contributed by atoms with Crippen molar-refractivity contribution in [3.63, 3.8) is 0 Å². The second-order valence-electron chi connectivity index (χ2n) is 7.22. The number of ketones is 1. The first-order valence-corrected chi connectivity index (χ1v) is 11.9. The molecule has 0 atom stereocenters. The average Bonchev–Trinajstić information content (AvgIpc) is 2.86. The minimum Gasteiger partial charge on any atom is -0.870 e. The van der Waals surface area contributed by atoms with E-state index in [0.717, 1.165) is 0 Å².